The van der Waals surface area contributed by atoms with E-state index < -0.39 is 0 Å². The summed E-state index contributed by atoms with van der Waals surface area (Å²) in [6, 6.07) is 9.63. The number of carbonyl (C=O) groups is 2. The van der Waals surface area contributed by atoms with Gasteiger partial charge in [-0.15, -0.1) is 11.3 Å². The van der Waals surface area contributed by atoms with Gasteiger partial charge in [0.05, 0.1) is 5.52 Å². The molecule has 0 atom stereocenters. The molecule has 0 unspecified atom stereocenters. The number of anilines is 1. The Morgan fingerprint density at radius 1 is 1.22 bits per heavy atom. The highest BCUT2D eigenvalue weighted by Gasteiger charge is 2.07. The van der Waals surface area contributed by atoms with Crippen molar-refractivity contribution in [1.82, 2.24) is 9.97 Å². The third-order valence-electron chi connectivity index (χ3n) is 3.17. The molecule has 2 aromatic heterocycles. The van der Waals surface area contributed by atoms with Gasteiger partial charge in [-0.25, -0.2) is 4.98 Å². The molecule has 0 fully saturated rings. The molecular formula is C17H13N3O2S. The minimum atomic E-state index is -0.303. The second-order valence-corrected chi connectivity index (χ2v) is 5.70. The molecule has 3 rings (SSSR count). The van der Waals surface area contributed by atoms with E-state index in [9.17, 15) is 9.59 Å². The van der Waals surface area contributed by atoms with Crippen molar-refractivity contribution < 1.29 is 9.59 Å². The van der Waals surface area contributed by atoms with Gasteiger partial charge in [-0.05, 0) is 12.1 Å². The monoisotopic (exact) mass is 323 g/mol. The molecule has 23 heavy (non-hydrogen) atoms. The number of pyridine rings is 1. The third-order valence-corrected chi connectivity index (χ3v) is 3.93. The van der Waals surface area contributed by atoms with E-state index in [1.54, 1.807) is 17.7 Å². The molecular weight excluding hydrogens is 310 g/mol. The average Bonchev–Trinajstić information content (AvgIpc) is 3.01. The van der Waals surface area contributed by atoms with E-state index in [0.29, 0.717) is 10.8 Å². The van der Waals surface area contributed by atoms with Crippen LogP contribution in [0.4, 0.5) is 5.13 Å². The van der Waals surface area contributed by atoms with Crippen molar-refractivity contribution in [3.05, 3.63) is 59.2 Å². The molecule has 0 aliphatic heterocycles. The number of Topliss-reactive ketones (excluding diaryl/α,β-unsaturated/α-hetero) is 1. The Balaban J connectivity index is 1.76. The predicted molar refractivity (Wildman–Crippen MR) is 91.5 cm³/mol. The van der Waals surface area contributed by atoms with E-state index >= 15 is 0 Å². The number of hydrogen-bond donors (Lipinski definition) is 1. The minimum absolute atomic E-state index is 0.126. The maximum absolute atomic E-state index is 12.0. The fourth-order valence-corrected chi connectivity index (χ4v) is 2.82. The molecule has 5 nitrogen and oxygen atoms in total. The summed E-state index contributed by atoms with van der Waals surface area (Å²) < 4.78 is 0. The molecule has 1 amide bonds. The lowest BCUT2D eigenvalue weighted by Crippen LogP contribution is -2.07. The van der Waals surface area contributed by atoms with Gasteiger partial charge in [0.15, 0.2) is 10.9 Å². The number of thiazole rings is 1. The first-order chi connectivity index (χ1) is 11.1. The van der Waals surface area contributed by atoms with Gasteiger partial charge in [0.1, 0.15) is 5.69 Å². The van der Waals surface area contributed by atoms with Crippen molar-refractivity contribution >= 4 is 45.1 Å². The van der Waals surface area contributed by atoms with Gasteiger partial charge in [0, 0.05) is 35.5 Å². The van der Waals surface area contributed by atoms with E-state index in [4.69, 9.17) is 0 Å². The van der Waals surface area contributed by atoms with E-state index in [2.05, 4.69) is 15.3 Å². The maximum Gasteiger partial charge on any atom is 0.250 e. The van der Waals surface area contributed by atoms with Crippen LogP contribution in [0.1, 0.15) is 23.0 Å². The minimum Gasteiger partial charge on any atom is -0.298 e. The predicted octanol–water partition coefficient (Wildman–Crippen LogP) is 3.55. The van der Waals surface area contributed by atoms with Crippen LogP contribution in [0.25, 0.3) is 17.0 Å². The van der Waals surface area contributed by atoms with Gasteiger partial charge in [-0.2, -0.15) is 0 Å². The van der Waals surface area contributed by atoms with Crippen LogP contribution in [0.3, 0.4) is 0 Å². The summed E-state index contributed by atoms with van der Waals surface area (Å²) in [5.41, 5.74) is 2.06. The summed E-state index contributed by atoms with van der Waals surface area (Å²) in [7, 11) is 0. The quantitative estimate of drug-likeness (QED) is 0.589. The van der Waals surface area contributed by atoms with Gasteiger partial charge in [-0.3, -0.25) is 19.9 Å². The number of aromatic nitrogens is 2. The SMILES string of the molecule is CC(=O)c1csc(NC(=O)/C=C/c2cccc3cccnc23)n1. The molecule has 2 heterocycles. The maximum atomic E-state index is 12.0. The summed E-state index contributed by atoms with van der Waals surface area (Å²) in [4.78, 5) is 31.5. The fraction of sp³-hybridized carbons (Fsp3) is 0.0588. The number of carbonyl (C=O) groups excluding carboxylic acids is 2. The van der Waals surface area contributed by atoms with Crippen LogP contribution < -0.4 is 5.32 Å². The summed E-state index contributed by atoms with van der Waals surface area (Å²) >= 11 is 1.22. The second kappa shape index (κ2) is 6.50. The third kappa shape index (κ3) is 3.49. The van der Waals surface area contributed by atoms with E-state index in [-0.39, 0.29) is 11.7 Å². The lowest BCUT2D eigenvalue weighted by molar-refractivity contribution is -0.111. The highest BCUT2D eigenvalue weighted by Crippen LogP contribution is 2.18. The first kappa shape index (κ1) is 15.1. The second-order valence-electron chi connectivity index (χ2n) is 4.84. The van der Waals surface area contributed by atoms with Crippen LogP contribution in [0.2, 0.25) is 0 Å². The molecule has 1 aromatic carbocycles. The zero-order valence-electron chi connectivity index (χ0n) is 12.3. The van der Waals surface area contributed by atoms with Crippen LogP contribution in [-0.4, -0.2) is 21.7 Å². The Morgan fingerprint density at radius 3 is 2.83 bits per heavy atom. The van der Waals surface area contributed by atoms with E-state index in [0.717, 1.165) is 16.5 Å². The summed E-state index contributed by atoms with van der Waals surface area (Å²) in [6.45, 7) is 1.44. The summed E-state index contributed by atoms with van der Waals surface area (Å²) in [5, 5.41) is 5.68. The number of para-hydroxylation sites is 1. The van der Waals surface area contributed by atoms with Crippen molar-refractivity contribution in [2.45, 2.75) is 6.92 Å². The number of hydrogen-bond acceptors (Lipinski definition) is 5. The molecule has 0 aliphatic carbocycles. The Morgan fingerprint density at radius 2 is 2.04 bits per heavy atom. The highest BCUT2D eigenvalue weighted by molar-refractivity contribution is 7.14. The van der Waals surface area contributed by atoms with Gasteiger partial charge >= 0.3 is 0 Å². The zero-order valence-corrected chi connectivity index (χ0v) is 13.1. The van der Waals surface area contributed by atoms with Gasteiger partial charge < -0.3 is 0 Å². The Kier molecular flexibility index (Phi) is 4.25. The molecule has 6 heteroatoms. The number of nitrogens with one attached hydrogen (secondary N) is 1. The Labute approximate surface area is 136 Å². The normalized spacial score (nSPS) is 11.0. The fourth-order valence-electron chi connectivity index (χ4n) is 2.07. The molecule has 0 bridgehead atoms. The van der Waals surface area contributed by atoms with Gasteiger partial charge in [0.25, 0.3) is 0 Å². The first-order valence-electron chi connectivity index (χ1n) is 6.93. The van der Waals surface area contributed by atoms with Crippen molar-refractivity contribution in [3.63, 3.8) is 0 Å². The van der Waals surface area contributed by atoms with Crippen molar-refractivity contribution in [2.75, 3.05) is 5.32 Å². The number of rotatable bonds is 4. The molecule has 0 saturated heterocycles. The van der Waals surface area contributed by atoms with Crippen LogP contribution in [0, 0.1) is 0 Å². The van der Waals surface area contributed by atoms with Crippen LogP contribution >= 0.6 is 11.3 Å². The van der Waals surface area contributed by atoms with Crippen molar-refractivity contribution in [3.8, 4) is 0 Å². The Hall–Kier alpha value is -2.86. The van der Waals surface area contributed by atoms with Gasteiger partial charge in [0.2, 0.25) is 5.91 Å². The number of benzene rings is 1. The topological polar surface area (TPSA) is 72.0 Å². The molecule has 0 radical (unpaired) electrons. The lowest BCUT2D eigenvalue weighted by Gasteiger charge is -2.00. The van der Waals surface area contributed by atoms with Crippen molar-refractivity contribution in [2.24, 2.45) is 0 Å². The number of fused-ring (bicyclic) bond motifs is 1. The molecule has 114 valence electrons. The van der Waals surface area contributed by atoms with Crippen molar-refractivity contribution in [1.29, 1.82) is 0 Å². The number of nitrogens with zero attached hydrogens (tertiary/aromatic N) is 2. The summed E-state index contributed by atoms with van der Waals surface area (Å²) in [5.74, 6) is -0.429. The highest BCUT2D eigenvalue weighted by atomic mass is 32.1. The smallest absolute Gasteiger partial charge is 0.250 e. The Bertz CT molecular complexity index is 910. The van der Waals surface area contributed by atoms with Crippen LogP contribution in [0.5, 0.6) is 0 Å². The summed E-state index contributed by atoms with van der Waals surface area (Å²) in [6.07, 6.45) is 4.86. The van der Waals surface area contributed by atoms with E-state index in [1.807, 2.05) is 30.3 Å². The van der Waals surface area contributed by atoms with Gasteiger partial charge in [-0.1, -0.05) is 24.3 Å². The zero-order chi connectivity index (χ0) is 16.2. The lowest BCUT2D eigenvalue weighted by atomic mass is 10.1. The molecule has 0 spiro atoms. The molecule has 3 aromatic rings. The molecule has 1 N–H and O–H groups in total. The number of amides is 1. The average molecular weight is 323 g/mol. The number of ketones is 1. The molecule has 0 aliphatic rings. The van der Waals surface area contributed by atoms with Crippen LogP contribution in [-0.2, 0) is 4.79 Å². The standard InChI is InChI=1S/C17H13N3O2S/c1-11(21)14-10-23-17(19-14)20-15(22)8-7-13-5-2-4-12-6-3-9-18-16(12)13/h2-10H,1H3,(H,19,20,22)/b8-7+. The largest absolute Gasteiger partial charge is 0.298 e. The van der Waals surface area contributed by atoms with E-state index in [1.165, 1.54) is 24.3 Å². The molecule has 0 saturated carbocycles. The first-order valence-corrected chi connectivity index (χ1v) is 7.81. The van der Waals surface area contributed by atoms with Crippen LogP contribution in [0.15, 0.2) is 48.0 Å².